The topological polar surface area (TPSA) is 12.0 Å². The fraction of sp³-hybridized carbons (Fsp3) is 0.294. The third-order valence-electron chi connectivity index (χ3n) is 3.42. The highest BCUT2D eigenvalue weighted by molar-refractivity contribution is 7.98. The molecular formula is C17H19F2NS. The highest BCUT2D eigenvalue weighted by Gasteiger charge is 2.17. The third-order valence-corrected chi connectivity index (χ3v) is 4.23. The van der Waals surface area contributed by atoms with Crippen molar-refractivity contribution in [2.75, 3.05) is 12.8 Å². The first-order chi connectivity index (χ1) is 10.2. The summed E-state index contributed by atoms with van der Waals surface area (Å²) in [6, 6.07) is 12.4. The van der Waals surface area contributed by atoms with Gasteiger partial charge in [0.1, 0.15) is 0 Å². The Bertz CT molecular complexity index is 601. The fourth-order valence-electron chi connectivity index (χ4n) is 2.42. The van der Waals surface area contributed by atoms with Crippen molar-refractivity contribution in [3.8, 4) is 0 Å². The molecule has 2 aromatic rings. The summed E-state index contributed by atoms with van der Waals surface area (Å²) >= 11 is 1.66. The SMILES string of the molecule is CCNC(Cc1cccc(F)c1F)c1ccccc1SC. The van der Waals surface area contributed by atoms with Crippen molar-refractivity contribution >= 4 is 11.8 Å². The van der Waals surface area contributed by atoms with Crippen LogP contribution in [0.15, 0.2) is 47.4 Å². The van der Waals surface area contributed by atoms with Crippen molar-refractivity contribution in [1.29, 1.82) is 0 Å². The maximum absolute atomic E-state index is 13.9. The Morgan fingerprint density at radius 1 is 1.10 bits per heavy atom. The maximum atomic E-state index is 13.9. The highest BCUT2D eigenvalue weighted by atomic mass is 32.2. The van der Waals surface area contributed by atoms with Crippen molar-refractivity contribution in [2.24, 2.45) is 0 Å². The molecule has 2 rings (SSSR count). The standard InChI is InChI=1S/C17H19F2NS/c1-3-20-15(13-8-4-5-10-16(13)21-2)11-12-7-6-9-14(18)17(12)19/h4-10,15,20H,3,11H2,1-2H3. The van der Waals surface area contributed by atoms with Crippen LogP contribution in [0.5, 0.6) is 0 Å². The molecule has 0 aliphatic rings. The molecule has 1 N–H and O–H groups in total. The van der Waals surface area contributed by atoms with E-state index in [1.54, 1.807) is 23.9 Å². The maximum Gasteiger partial charge on any atom is 0.162 e. The number of hydrogen-bond acceptors (Lipinski definition) is 2. The van der Waals surface area contributed by atoms with Crippen LogP contribution in [0.3, 0.4) is 0 Å². The summed E-state index contributed by atoms with van der Waals surface area (Å²) in [6.07, 6.45) is 2.44. The van der Waals surface area contributed by atoms with Gasteiger partial charge in [-0.25, -0.2) is 8.78 Å². The minimum Gasteiger partial charge on any atom is -0.310 e. The summed E-state index contributed by atoms with van der Waals surface area (Å²) < 4.78 is 27.3. The molecular weight excluding hydrogens is 288 g/mol. The van der Waals surface area contributed by atoms with Crippen LogP contribution in [0.2, 0.25) is 0 Å². The van der Waals surface area contributed by atoms with Gasteiger partial charge in [-0.1, -0.05) is 37.3 Å². The van der Waals surface area contributed by atoms with E-state index in [1.165, 1.54) is 0 Å². The molecule has 0 radical (unpaired) electrons. The number of rotatable bonds is 6. The molecule has 0 spiro atoms. The van der Waals surface area contributed by atoms with Crippen LogP contribution in [-0.2, 0) is 6.42 Å². The van der Waals surface area contributed by atoms with Crippen LogP contribution in [0.25, 0.3) is 0 Å². The molecule has 0 bridgehead atoms. The summed E-state index contributed by atoms with van der Waals surface area (Å²) in [5.41, 5.74) is 1.52. The Morgan fingerprint density at radius 2 is 1.86 bits per heavy atom. The number of likely N-dealkylation sites (N-methyl/N-ethyl adjacent to an activating group) is 1. The number of thioether (sulfide) groups is 1. The van der Waals surface area contributed by atoms with Crippen LogP contribution in [0.4, 0.5) is 8.78 Å². The van der Waals surface area contributed by atoms with Gasteiger partial charge in [0.2, 0.25) is 0 Å². The highest BCUT2D eigenvalue weighted by Crippen LogP contribution is 2.29. The summed E-state index contributed by atoms with van der Waals surface area (Å²) in [5.74, 6) is -1.54. The molecule has 1 nitrogen and oxygen atoms in total. The summed E-state index contributed by atoms with van der Waals surface area (Å²) in [5, 5.41) is 3.37. The van der Waals surface area contributed by atoms with E-state index in [-0.39, 0.29) is 6.04 Å². The van der Waals surface area contributed by atoms with Gasteiger partial charge in [-0.15, -0.1) is 11.8 Å². The molecule has 0 amide bonds. The van der Waals surface area contributed by atoms with Gasteiger partial charge in [0.25, 0.3) is 0 Å². The molecule has 0 fully saturated rings. The van der Waals surface area contributed by atoms with Gasteiger partial charge in [0.05, 0.1) is 0 Å². The molecule has 1 unspecified atom stereocenters. The van der Waals surface area contributed by atoms with Gasteiger partial charge in [-0.2, -0.15) is 0 Å². The second kappa shape index (κ2) is 7.57. The van der Waals surface area contributed by atoms with Crippen LogP contribution >= 0.6 is 11.8 Å². The average Bonchev–Trinajstić information content (AvgIpc) is 2.51. The van der Waals surface area contributed by atoms with E-state index >= 15 is 0 Å². The molecule has 0 saturated carbocycles. The van der Waals surface area contributed by atoms with Crippen LogP contribution < -0.4 is 5.32 Å². The predicted octanol–water partition coefficient (Wildman–Crippen LogP) is 4.58. The molecule has 0 aliphatic heterocycles. The minimum absolute atomic E-state index is 0.0325. The van der Waals surface area contributed by atoms with E-state index in [9.17, 15) is 8.78 Å². The van der Waals surface area contributed by atoms with Crippen molar-refractivity contribution < 1.29 is 8.78 Å². The van der Waals surface area contributed by atoms with E-state index in [2.05, 4.69) is 5.32 Å². The Balaban J connectivity index is 2.33. The molecule has 4 heteroatoms. The van der Waals surface area contributed by atoms with Gasteiger partial charge in [-0.05, 0) is 42.5 Å². The van der Waals surface area contributed by atoms with Crippen molar-refractivity contribution in [2.45, 2.75) is 24.3 Å². The van der Waals surface area contributed by atoms with Crippen LogP contribution in [-0.4, -0.2) is 12.8 Å². The molecule has 112 valence electrons. The molecule has 0 aliphatic carbocycles. The zero-order valence-corrected chi connectivity index (χ0v) is 13.0. The van der Waals surface area contributed by atoms with Crippen molar-refractivity contribution in [3.05, 3.63) is 65.2 Å². The van der Waals surface area contributed by atoms with Crippen molar-refractivity contribution in [1.82, 2.24) is 5.32 Å². The lowest BCUT2D eigenvalue weighted by molar-refractivity contribution is 0.479. The number of nitrogens with one attached hydrogen (secondary N) is 1. The quantitative estimate of drug-likeness (QED) is 0.784. The van der Waals surface area contributed by atoms with Gasteiger partial charge in [0, 0.05) is 10.9 Å². The second-order valence-electron chi connectivity index (χ2n) is 4.77. The number of hydrogen-bond donors (Lipinski definition) is 1. The first kappa shape index (κ1) is 16.0. The fourth-order valence-corrected chi connectivity index (χ4v) is 3.08. The molecule has 1 atom stereocenters. The number of halogens is 2. The lowest BCUT2D eigenvalue weighted by Gasteiger charge is -2.21. The van der Waals surface area contributed by atoms with E-state index in [4.69, 9.17) is 0 Å². The molecule has 2 aromatic carbocycles. The van der Waals surface area contributed by atoms with E-state index < -0.39 is 11.6 Å². The zero-order valence-electron chi connectivity index (χ0n) is 12.2. The molecule has 0 aromatic heterocycles. The molecule has 21 heavy (non-hydrogen) atoms. The first-order valence-corrected chi connectivity index (χ1v) is 8.19. The Morgan fingerprint density at radius 3 is 2.57 bits per heavy atom. The lowest BCUT2D eigenvalue weighted by Crippen LogP contribution is -2.24. The Kier molecular flexibility index (Phi) is 5.76. The van der Waals surface area contributed by atoms with Crippen LogP contribution in [0.1, 0.15) is 24.1 Å². The smallest absolute Gasteiger partial charge is 0.162 e. The predicted molar refractivity (Wildman–Crippen MR) is 84.7 cm³/mol. The lowest BCUT2D eigenvalue weighted by atomic mass is 9.98. The molecule has 0 saturated heterocycles. The summed E-state index contributed by atoms with van der Waals surface area (Å²) in [4.78, 5) is 1.15. The largest absolute Gasteiger partial charge is 0.310 e. The van der Waals surface area contributed by atoms with E-state index in [1.807, 2.05) is 37.4 Å². The minimum atomic E-state index is -0.791. The zero-order chi connectivity index (χ0) is 15.2. The van der Waals surface area contributed by atoms with Crippen LogP contribution in [0, 0.1) is 11.6 Å². The van der Waals surface area contributed by atoms with E-state index in [0.717, 1.165) is 23.1 Å². The summed E-state index contributed by atoms with van der Waals surface area (Å²) in [6.45, 7) is 2.78. The monoisotopic (exact) mass is 307 g/mol. The van der Waals surface area contributed by atoms with Gasteiger partial charge < -0.3 is 5.32 Å². The first-order valence-electron chi connectivity index (χ1n) is 6.96. The number of benzene rings is 2. The van der Waals surface area contributed by atoms with Gasteiger partial charge in [-0.3, -0.25) is 0 Å². The molecule has 0 heterocycles. The van der Waals surface area contributed by atoms with Gasteiger partial charge >= 0.3 is 0 Å². The second-order valence-corrected chi connectivity index (χ2v) is 5.62. The average molecular weight is 307 g/mol. The Hall–Kier alpha value is -1.39. The third kappa shape index (κ3) is 3.83. The summed E-state index contributed by atoms with van der Waals surface area (Å²) in [7, 11) is 0. The normalized spacial score (nSPS) is 12.4. The Labute approximate surface area is 128 Å². The van der Waals surface area contributed by atoms with Crippen molar-refractivity contribution in [3.63, 3.8) is 0 Å². The van der Waals surface area contributed by atoms with E-state index in [0.29, 0.717) is 12.0 Å². The van der Waals surface area contributed by atoms with Gasteiger partial charge in [0.15, 0.2) is 11.6 Å².